The van der Waals surface area contributed by atoms with E-state index in [1.807, 2.05) is 54.7 Å². The van der Waals surface area contributed by atoms with Crippen molar-refractivity contribution in [3.05, 3.63) is 72.2 Å². The molecule has 1 fully saturated rings. The Bertz CT molecular complexity index is 954. The van der Waals surface area contributed by atoms with Gasteiger partial charge in [0.2, 0.25) is 0 Å². The maximum Gasteiger partial charge on any atom is 0.156 e. The quantitative estimate of drug-likeness (QED) is 0.776. The fourth-order valence-electron chi connectivity index (χ4n) is 3.66. The lowest BCUT2D eigenvalue weighted by molar-refractivity contribution is 0.271. The van der Waals surface area contributed by atoms with Crippen LogP contribution in [0, 0.1) is 0 Å². The zero-order chi connectivity index (χ0) is 17.6. The first-order valence-corrected chi connectivity index (χ1v) is 8.85. The average Bonchev–Trinajstić information content (AvgIpc) is 3.39. The van der Waals surface area contributed by atoms with Gasteiger partial charge in [0.05, 0.1) is 0 Å². The molecule has 5 nitrogen and oxygen atoms in total. The monoisotopic (exact) mass is 345 g/mol. The molecule has 1 spiro atoms. The Balaban J connectivity index is 1.50. The summed E-state index contributed by atoms with van der Waals surface area (Å²) in [6.45, 7) is 0.756. The predicted octanol–water partition coefficient (Wildman–Crippen LogP) is 3.94. The molecule has 1 aliphatic carbocycles. The Morgan fingerprint density at radius 3 is 2.62 bits per heavy atom. The van der Waals surface area contributed by atoms with Gasteiger partial charge >= 0.3 is 0 Å². The highest BCUT2D eigenvalue weighted by Crippen LogP contribution is 2.57. The van der Waals surface area contributed by atoms with Crippen LogP contribution in [0.3, 0.4) is 0 Å². The minimum absolute atomic E-state index is 0.148. The van der Waals surface area contributed by atoms with Gasteiger partial charge in [-0.15, -0.1) is 0 Å². The van der Waals surface area contributed by atoms with Crippen molar-refractivity contribution in [1.29, 1.82) is 0 Å². The number of para-hydroxylation sites is 1. The lowest BCUT2D eigenvalue weighted by Gasteiger charge is -2.20. The number of benzene rings is 2. The van der Waals surface area contributed by atoms with Crippen LogP contribution in [0.25, 0.3) is 0 Å². The molecular weight excluding hydrogens is 326 g/mol. The van der Waals surface area contributed by atoms with Crippen molar-refractivity contribution in [3.8, 4) is 11.5 Å². The number of aromatic nitrogens is 2. The third kappa shape index (κ3) is 2.52. The topological polar surface area (TPSA) is 58.5 Å². The summed E-state index contributed by atoms with van der Waals surface area (Å²) < 4.78 is 5.98. The van der Waals surface area contributed by atoms with E-state index in [1.165, 1.54) is 18.4 Å². The Kier molecular flexibility index (Phi) is 3.43. The highest BCUT2D eigenvalue weighted by atomic mass is 16.5. The summed E-state index contributed by atoms with van der Waals surface area (Å²) >= 11 is 0. The molecular formula is C21H19N3O2. The molecule has 5 rings (SSSR count). The lowest BCUT2D eigenvalue weighted by atomic mass is 10.0. The molecule has 0 saturated heterocycles. The van der Waals surface area contributed by atoms with Crippen LogP contribution in [0.1, 0.15) is 24.2 Å². The Morgan fingerprint density at radius 2 is 1.85 bits per heavy atom. The zero-order valence-electron chi connectivity index (χ0n) is 14.3. The Hall–Kier alpha value is -2.92. The second-order valence-corrected chi connectivity index (χ2v) is 6.96. The van der Waals surface area contributed by atoms with Crippen LogP contribution in [0.15, 0.2) is 60.8 Å². The molecule has 1 N–H and O–H groups in total. The average molecular weight is 345 g/mol. The molecule has 2 heterocycles. The predicted molar refractivity (Wildman–Crippen MR) is 98.8 cm³/mol. The SMILES string of the molecule is OCc1ncc2c(n1)N(c1cccc(Oc3ccccc3)c1)CC21CC1. The van der Waals surface area contributed by atoms with E-state index in [0.29, 0.717) is 5.82 Å². The zero-order valence-corrected chi connectivity index (χ0v) is 14.3. The van der Waals surface area contributed by atoms with Gasteiger partial charge in [0.15, 0.2) is 5.82 Å². The molecule has 2 aromatic carbocycles. The molecule has 3 aromatic rings. The summed E-state index contributed by atoms with van der Waals surface area (Å²) in [5, 5.41) is 9.42. The summed E-state index contributed by atoms with van der Waals surface area (Å²) in [5.41, 5.74) is 2.43. The second kappa shape index (κ2) is 5.81. The molecule has 1 aliphatic heterocycles. The standard InChI is InChI=1S/C21H19N3O2/c25-13-19-22-12-18-20(23-19)24(14-21(18)9-10-21)15-5-4-8-17(11-15)26-16-6-2-1-3-7-16/h1-8,11-12,25H,9-10,13-14H2. The third-order valence-corrected chi connectivity index (χ3v) is 5.21. The number of rotatable bonds is 4. The van der Waals surface area contributed by atoms with E-state index in [1.54, 1.807) is 0 Å². The first kappa shape index (κ1) is 15.3. The first-order chi connectivity index (χ1) is 12.8. The molecule has 0 radical (unpaired) electrons. The molecule has 2 aliphatic rings. The number of ether oxygens (including phenoxy) is 1. The van der Waals surface area contributed by atoms with Crippen molar-refractivity contribution in [3.63, 3.8) is 0 Å². The van der Waals surface area contributed by atoms with E-state index >= 15 is 0 Å². The van der Waals surface area contributed by atoms with Crippen molar-refractivity contribution in [2.75, 3.05) is 11.4 Å². The van der Waals surface area contributed by atoms with Crippen LogP contribution in [-0.4, -0.2) is 21.6 Å². The largest absolute Gasteiger partial charge is 0.457 e. The van der Waals surface area contributed by atoms with Gasteiger partial charge < -0.3 is 14.7 Å². The highest BCUT2D eigenvalue weighted by molar-refractivity contribution is 5.71. The van der Waals surface area contributed by atoms with E-state index in [-0.39, 0.29) is 12.0 Å². The lowest BCUT2D eigenvalue weighted by Crippen LogP contribution is -2.19. The van der Waals surface area contributed by atoms with Crippen molar-refractivity contribution in [2.45, 2.75) is 24.9 Å². The van der Waals surface area contributed by atoms with Crippen LogP contribution in [-0.2, 0) is 12.0 Å². The van der Waals surface area contributed by atoms with Gasteiger partial charge in [0.25, 0.3) is 0 Å². The van der Waals surface area contributed by atoms with Gasteiger partial charge in [0, 0.05) is 35.5 Å². The highest BCUT2D eigenvalue weighted by Gasteiger charge is 2.53. The molecule has 5 heteroatoms. The summed E-state index contributed by atoms with van der Waals surface area (Å²) in [5.74, 6) is 2.99. The fraction of sp³-hybridized carbons (Fsp3) is 0.238. The van der Waals surface area contributed by atoms with Gasteiger partial charge in [-0.2, -0.15) is 0 Å². The Labute approximate surface area is 151 Å². The number of hydrogen-bond donors (Lipinski definition) is 1. The smallest absolute Gasteiger partial charge is 0.156 e. The molecule has 26 heavy (non-hydrogen) atoms. The van der Waals surface area contributed by atoms with Crippen molar-refractivity contribution in [1.82, 2.24) is 9.97 Å². The summed E-state index contributed by atoms with van der Waals surface area (Å²) in [7, 11) is 0. The van der Waals surface area contributed by atoms with E-state index in [9.17, 15) is 5.11 Å². The third-order valence-electron chi connectivity index (χ3n) is 5.21. The number of aliphatic hydroxyl groups excluding tert-OH is 1. The molecule has 130 valence electrons. The fourth-order valence-corrected chi connectivity index (χ4v) is 3.66. The van der Waals surface area contributed by atoms with Crippen molar-refractivity contribution >= 4 is 11.5 Å². The van der Waals surface area contributed by atoms with Gasteiger partial charge in [-0.1, -0.05) is 24.3 Å². The van der Waals surface area contributed by atoms with Gasteiger partial charge in [0.1, 0.15) is 23.9 Å². The van der Waals surface area contributed by atoms with Crippen molar-refractivity contribution in [2.24, 2.45) is 0 Å². The minimum Gasteiger partial charge on any atom is -0.457 e. The van der Waals surface area contributed by atoms with Crippen molar-refractivity contribution < 1.29 is 9.84 Å². The molecule has 1 aromatic heterocycles. The Morgan fingerprint density at radius 1 is 1.04 bits per heavy atom. The molecule has 0 amide bonds. The van der Waals surface area contributed by atoms with E-state index in [4.69, 9.17) is 4.74 Å². The normalized spacial score (nSPS) is 16.6. The van der Waals surface area contributed by atoms with E-state index in [0.717, 1.165) is 29.5 Å². The molecule has 1 saturated carbocycles. The number of anilines is 2. The minimum atomic E-state index is -0.148. The maximum absolute atomic E-state index is 9.42. The van der Waals surface area contributed by atoms with Gasteiger partial charge in [-0.3, -0.25) is 0 Å². The second-order valence-electron chi connectivity index (χ2n) is 6.96. The molecule has 0 atom stereocenters. The van der Waals surface area contributed by atoms with Gasteiger partial charge in [-0.25, -0.2) is 9.97 Å². The summed E-state index contributed by atoms with van der Waals surface area (Å²) in [6.07, 6.45) is 4.22. The number of hydrogen-bond acceptors (Lipinski definition) is 5. The maximum atomic E-state index is 9.42. The summed E-state index contributed by atoms with van der Waals surface area (Å²) in [6, 6.07) is 17.8. The van der Waals surface area contributed by atoms with E-state index in [2.05, 4.69) is 20.9 Å². The van der Waals surface area contributed by atoms with Crippen LogP contribution < -0.4 is 9.64 Å². The van der Waals surface area contributed by atoms with E-state index < -0.39 is 0 Å². The van der Waals surface area contributed by atoms with Crippen LogP contribution >= 0.6 is 0 Å². The van der Waals surface area contributed by atoms with Crippen LogP contribution in [0.2, 0.25) is 0 Å². The molecule has 0 bridgehead atoms. The number of aliphatic hydroxyl groups is 1. The van der Waals surface area contributed by atoms with Crippen LogP contribution in [0.4, 0.5) is 11.5 Å². The van der Waals surface area contributed by atoms with Gasteiger partial charge in [-0.05, 0) is 37.1 Å². The van der Waals surface area contributed by atoms with Crippen LogP contribution in [0.5, 0.6) is 11.5 Å². The molecule has 0 unspecified atom stereocenters. The number of nitrogens with zero attached hydrogens (tertiary/aromatic N) is 3. The summed E-state index contributed by atoms with van der Waals surface area (Å²) in [4.78, 5) is 11.1. The first-order valence-electron chi connectivity index (χ1n) is 8.85. The number of fused-ring (bicyclic) bond motifs is 2.